The SMILES string of the molecule is Nc1c(C(=O)c2ccc(Cl)cc2)sc2nc(CCc3ccccc3)c3c(c12)CCCC3. The second-order valence-corrected chi connectivity index (χ2v) is 9.50. The Kier molecular flexibility index (Phi) is 5.51. The summed E-state index contributed by atoms with van der Waals surface area (Å²) in [6.45, 7) is 0. The molecule has 0 radical (unpaired) electrons. The van der Waals surface area contributed by atoms with Crippen LogP contribution < -0.4 is 5.73 Å². The van der Waals surface area contributed by atoms with Gasteiger partial charge in [-0.25, -0.2) is 4.98 Å². The van der Waals surface area contributed by atoms with E-state index >= 15 is 0 Å². The number of aryl methyl sites for hydroxylation is 3. The normalized spacial score (nSPS) is 13.3. The molecule has 4 aromatic rings. The minimum absolute atomic E-state index is 0.0624. The van der Waals surface area contributed by atoms with Crippen molar-refractivity contribution in [2.75, 3.05) is 5.73 Å². The fourth-order valence-electron chi connectivity index (χ4n) is 4.51. The molecule has 0 bridgehead atoms. The van der Waals surface area contributed by atoms with Crippen LogP contribution in [0.2, 0.25) is 5.02 Å². The minimum Gasteiger partial charge on any atom is -0.397 e. The standard InChI is InChI=1S/C26H23ClN2OS/c27-18-13-11-17(12-14-18)24(30)25-23(28)22-20-9-5-4-8-19(20)21(29-26(22)31-25)15-10-16-6-2-1-3-7-16/h1-3,6-7,11-14H,4-5,8-10,15,28H2. The Bertz CT molecular complexity index is 1260. The summed E-state index contributed by atoms with van der Waals surface area (Å²) in [5.74, 6) is -0.0624. The van der Waals surface area contributed by atoms with Crippen molar-refractivity contribution in [3.05, 3.63) is 92.4 Å². The third kappa shape index (κ3) is 3.86. The van der Waals surface area contributed by atoms with Crippen molar-refractivity contribution in [1.82, 2.24) is 4.98 Å². The number of pyridine rings is 1. The van der Waals surface area contributed by atoms with Gasteiger partial charge in [-0.2, -0.15) is 0 Å². The average molecular weight is 447 g/mol. The molecule has 1 aliphatic carbocycles. The number of hydrogen-bond donors (Lipinski definition) is 1. The Morgan fingerprint density at radius 2 is 1.68 bits per heavy atom. The predicted molar refractivity (Wildman–Crippen MR) is 129 cm³/mol. The van der Waals surface area contributed by atoms with Gasteiger partial charge >= 0.3 is 0 Å². The van der Waals surface area contributed by atoms with Crippen LogP contribution in [0.3, 0.4) is 0 Å². The smallest absolute Gasteiger partial charge is 0.205 e. The zero-order valence-corrected chi connectivity index (χ0v) is 18.7. The summed E-state index contributed by atoms with van der Waals surface area (Å²) in [4.78, 5) is 19.7. The molecule has 5 rings (SSSR count). The maximum atomic E-state index is 13.2. The number of nitrogen functional groups attached to an aromatic ring is 1. The van der Waals surface area contributed by atoms with E-state index < -0.39 is 0 Å². The van der Waals surface area contributed by atoms with Gasteiger partial charge in [0.2, 0.25) is 5.78 Å². The van der Waals surface area contributed by atoms with Gasteiger partial charge in [-0.3, -0.25) is 4.79 Å². The Morgan fingerprint density at radius 1 is 0.968 bits per heavy atom. The molecule has 2 aromatic carbocycles. The molecule has 3 nitrogen and oxygen atoms in total. The molecule has 0 saturated heterocycles. The van der Waals surface area contributed by atoms with Crippen LogP contribution in [0.1, 0.15) is 50.5 Å². The largest absolute Gasteiger partial charge is 0.397 e. The molecule has 31 heavy (non-hydrogen) atoms. The summed E-state index contributed by atoms with van der Waals surface area (Å²) in [6.07, 6.45) is 6.24. The highest BCUT2D eigenvalue weighted by Gasteiger charge is 2.25. The molecule has 0 atom stereocenters. The van der Waals surface area contributed by atoms with Crippen LogP contribution >= 0.6 is 22.9 Å². The molecule has 1 aliphatic rings. The molecule has 0 saturated carbocycles. The lowest BCUT2D eigenvalue weighted by molar-refractivity contribution is 0.104. The number of carbonyl (C=O) groups is 1. The quantitative estimate of drug-likeness (QED) is 0.359. The van der Waals surface area contributed by atoms with E-state index in [9.17, 15) is 4.79 Å². The summed E-state index contributed by atoms with van der Waals surface area (Å²) in [6, 6.07) is 17.5. The van der Waals surface area contributed by atoms with Gasteiger partial charge in [0.1, 0.15) is 9.71 Å². The summed E-state index contributed by atoms with van der Waals surface area (Å²) in [5.41, 5.74) is 12.9. The first-order valence-electron chi connectivity index (χ1n) is 10.7. The molecule has 0 fully saturated rings. The molecule has 0 spiro atoms. The zero-order chi connectivity index (χ0) is 21.4. The molecule has 0 aliphatic heterocycles. The summed E-state index contributed by atoms with van der Waals surface area (Å²) in [7, 11) is 0. The van der Waals surface area contributed by atoms with Crippen LogP contribution in [0.15, 0.2) is 54.6 Å². The number of benzene rings is 2. The lowest BCUT2D eigenvalue weighted by Gasteiger charge is -2.20. The third-order valence-corrected chi connectivity index (χ3v) is 7.44. The highest BCUT2D eigenvalue weighted by molar-refractivity contribution is 7.21. The van der Waals surface area contributed by atoms with Crippen molar-refractivity contribution in [3.8, 4) is 0 Å². The molecule has 0 amide bonds. The monoisotopic (exact) mass is 446 g/mol. The third-order valence-electron chi connectivity index (χ3n) is 6.09. The fourth-order valence-corrected chi connectivity index (χ4v) is 5.74. The van der Waals surface area contributed by atoms with E-state index in [4.69, 9.17) is 22.3 Å². The van der Waals surface area contributed by atoms with Crippen molar-refractivity contribution >= 4 is 44.6 Å². The number of fused-ring (bicyclic) bond motifs is 3. The fraction of sp³-hybridized carbons (Fsp3) is 0.231. The van der Waals surface area contributed by atoms with E-state index in [1.165, 1.54) is 34.4 Å². The predicted octanol–water partition coefficient (Wildman–Crippen LogP) is 6.43. The maximum Gasteiger partial charge on any atom is 0.205 e. The van der Waals surface area contributed by atoms with Gasteiger partial charge < -0.3 is 5.73 Å². The summed E-state index contributed by atoms with van der Waals surface area (Å²) >= 11 is 7.41. The molecule has 2 aromatic heterocycles. The van der Waals surface area contributed by atoms with Crippen molar-refractivity contribution in [2.24, 2.45) is 0 Å². The van der Waals surface area contributed by atoms with Gasteiger partial charge in [0.25, 0.3) is 0 Å². The van der Waals surface area contributed by atoms with Crippen LogP contribution in [0, 0.1) is 0 Å². The number of carbonyl (C=O) groups excluding carboxylic acids is 1. The van der Waals surface area contributed by atoms with E-state index in [-0.39, 0.29) is 5.78 Å². The van der Waals surface area contributed by atoms with Gasteiger partial charge in [0.05, 0.1) is 5.69 Å². The topological polar surface area (TPSA) is 56.0 Å². The minimum atomic E-state index is -0.0624. The number of thiophene rings is 1. The number of aromatic nitrogens is 1. The van der Waals surface area contributed by atoms with E-state index in [2.05, 4.69) is 24.3 Å². The molecule has 2 N–H and O–H groups in total. The van der Waals surface area contributed by atoms with Crippen molar-refractivity contribution in [2.45, 2.75) is 38.5 Å². The number of rotatable bonds is 5. The summed E-state index contributed by atoms with van der Waals surface area (Å²) < 4.78 is 0. The lowest BCUT2D eigenvalue weighted by atomic mass is 9.87. The zero-order valence-electron chi connectivity index (χ0n) is 17.2. The molecular formula is C26H23ClN2OS. The summed E-state index contributed by atoms with van der Waals surface area (Å²) in [5, 5.41) is 1.61. The van der Waals surface area contributed by atoms with Gasteiger partial charge in [-0.1, -0.05) is 41.9 Å². The first kappa shape index (κ1) is 20.2. The van der Waals surface area contributed by atoms with E-state index in [0.717, 1.165) is 48.0 Å². The second-order valence-electron chi connectivity index (χ2n) is 8.07. The number of anilines is 1. The maximum absolute atomic E-state index is 13.2. The molecule has 0 unspecified atom stereocenters. The van der Waals surface area contributed by atoms with E-state index in [1.54, 1.807) is 24.3 Å². The molecule has 2 heterocycles. The lowest BCUT2D eigenvalue weighted by Crippen LogP contribution is -2.10. The number of nitrogens with zero attached hydrogens (tertiary/aromatic N) is 1. The van der Waals surface area contributed by atoms with Gasteiger partial charge in [0.15, 0.2) is 0 Å². The Labute approximate surface area is 190 Å². The second kappa shape index (κ2) is 8.45. The van der Waals surface area contributed by atoms with Crippen molar-refractivity contribution in [1.29, 1.82) is 0 Å². The van der Waals surface area contributed by atoms with Gasteiger partial charge in [-0.05, 0) is 79.5 Å². The molecular weight excluding hydrogens is 424 g/mol. The van der Waals surface area contributed by atoms with E-state index in [1.807, 2.05) is 6.07 Å². The Hall–Kier alpha value is -2.69. The molecule has 5 heteroatoms. The Morgan fingerprint density at radius 3 is 2.42 bits per heavy atom. The number of nitrogens with two attached hydrogens (primary N) is 1. The highest BCUT2D eigenvalue weighted by atomic mass is 35.5. The van der Waals surface area contributed by atoms with Crippen molar-refractivity contribution in [3.63, 3.8) is 0 Å². The van der Waals surface area contributed by atoms with Gasteiger partial charge in [0, 0.05) is 21.7 Å². The number of halogens is 1. The van der Waals surface area contributed by atoms with Crippen LogP contribution in [-0.4, -0.2) is 10.8 Å². The number of ketones is 1. The van der Waals surface area contributed by atoms with Crippen LogP contribution in [-0.2, 0) is 25.7 Å². The van der Waals surface area contributed by atoms with E-state index in [0.29, 0.717) is 21.2 Å². The van der Waals surface area contributed by atoms with Gasteiger partial charge in [-0.15, -0.1) is 11.3 Å². The van der Waals surface area contributed by atoms with Crippen LogP contribution in [0.4, 0.5) is 5.69 Å². The average Bonchev–Trinajstić information content (AvgIpc) is 3.14. The first-order valence-corrected chi connectivity index (χ1v) is 11.9. The first-order chi connectivity index (χ1) is 15.1. The number of hydrogen-bond acceptors (Lipinski definition) is 4. The van der Waals surface area contributed by atoms with Crippen LogP contribution in [0.25, 0.3) is 10.2 Å². The van der Waals surface area contributed by atoms with Crippen LogP contribution in [0.5, 0.6) is 0 Å². The highest BCUT2D eigenvalue weighted by Crippen LogP contribution is 2.41. The Balaban J connectivity index is 1.57. The molecule has 156 valence electrons. The van der Waals surface area contributed by atoms with Crippen molar-refractivity contribution < 1.29 is 4.79 Å².